The van der Waals surface area contributed by atoms with Gasteiger partial charge in [-0.3, -0.25) is 4.90 Å². The van der Waals surface area contributed by atoms with Crippen molar-refractivity contribution in [1.29, 1.82) is 0 Å². The molecular formula is C18H28FN. The molecule has 1 saturated heterocycles. The topological polar surface area (TPSA) is 3.24 Å². The van der Waals surface area contributed by atoms with Gasteiger partial charge in [0.05, 0.1) is 0 Å². The van der Waals surface area contributed by atoms with Gasteiger partial charge in [0.2, 0.25) is 0 Å². The van der Waals surface area contributed by atoms with Gasteiger partial charge in [-0.25, -0.2) is 4.39 Å². The van der Waals surface area contributed by atoms with E-state index in [1.165, 1.54) is 12.8 Å². The molecule has 1 aliphatic rings. The minimum Gasteiger partial charge on any atom is -0.299 e. The molecule has 1 nitrogen and oxygen atoms in total. The fourth-order valence-electron chi connectivity index (χ4n) is 3.19. The predicted octanol–water partition coefficient (Wildman–Crippen LogP) is 4.82. The molecule has 0 amide bonds. The standard InChI is InChI=1S/C18H28FN/c1-13(2)15-8-10-20(11-9-15)12-16-6-5-7-17(14(3)4)18(16)19/h5-7,13-15H,8-12H2,1-4H3. The minimum absolute atomic E-state index is 0.00785. The Morgan fingerprint density at radius 1 is 1.15 bits per heavy atom. The number of likely N-dealkylation sites (tertiary alicyclic amines) is 1. The highest BCUT2D eigenvalue weighted by atomic mass is 19.1. The van der Waals surface area contributed by atoms with E-state index in [0.717, 1.165) is 42.6 Å². The van der Waals surface area contributed by atoms with Gasteiger partial charge < -0.3 is 0 Å². The third-order valence-electron chi connectivity index (χ3n) is 4.70. The number of rotatable bonds is 4. The maximum absolute atomic E-state index is 14.5. The Bertz CT molecular complexity index is 431. The van der Waals surface area contributed by atoms with Gasteiger partial charge >= 0.3 is 0 Å². The SMILES string of the molecule is CC(C)c1cccc(CN2CCC(C(C)C)CC2)c1F. The van der Waals surface area contributed by atoms with Crippen LogP contribution in [0, 0.1) is 17.7 Å². The fraction of sp³-hybridized carbons (Fsp3) is 0.667. The van der Waals surface area contributed by atoms with Crippen molar-refractivity contribution in [3.63, 3.8) is 0 Å². The molecule has 1 aliphatic heterocycles. The zero-order chi connectivity index (χ0) is 14.7. The van der Waals surface area contributed by atoms with Crippen LogP contribution in [0.5, 0.6) is 0 Å². The Balaban J connectivity index is 2.00. The first kappa shape index (κ1) is 15.5. The molecule has 2 heteroatoms. The van der Waals surface area contributed by atoms with Gasteiger partial charge in [0.25, 0.3) is 0 Å². The molecule has 0 saturated carbocycles. The fourth-order valence-corrected chi connectivity index (χ4v) is 3.19. The lowest BCUT2D eigenvalue weighted by Gasteiger charge is -2.34. The van der Waals surface area contributed by atoms with Crippen LogP contribution in [0.4, 0.5) is 4.39 Å². The first-order valence-electron chi connectivity index (χ1n) is 7.98. The van der Waals surface area contributed by atoms with E-state index in [9.17, 15) is 4.39 Å². The second-order valence-corrected chi connectivity index (χ2v) is 6.83. The molecule has 1 aromatic carbocycles. The predicted molar refractivity (Wildman–Crippen MR) is 83.3 cm³/mol. The number of nitrogens with zero attached hydrogens (tertiary/aromatic N) is 1. The average Bonchev–Trinajstić information content (AvgIpc) is 2.41. The summed E-state index contributed by atoms with van der Waals surface area (Å²) in [5.41, 5.74) is 1.71. The molecule has 2 rings (SSSR count). The minimum atomic E-state index is 0.00785. The lowest BCUT2D eigenvalue weighted by Crippen LogP contribution is -2.35. The summed E-state index contributed by atoms with van der Waals surface area (Å²) in [5.74, 6) is 1.88. The van der Waals surface area contributed by atoms with Gasteiger partial charge in [0, 0.05) is 12.1 Å². The third-order valence-corrected chi connectivity index (χ3v) is 4.70. The molecule has 0 N–H and O–H groups in total. The molecule has 20 heavy (non-hydrogen) atoms. The summed E-state index contributed by atoms with van der Waals surface area (Å²) < 4.78 is 14.5. The summed E-state index contributed by atoms with van der Waals surface area (Å²) in [6.45, 7) is 11.7. The number of hydrogen-bond acceptors (Lipinski definition) is 1. The van der Waals surface area contributed by atoms with Gasteiger partial charge in [-0.2, -0.15) is 0 Å². The Morgan fingerprint density at radius 3 is 2.35 bits per heavy atom. The maximum atomic E-state index is 14.5. The van der Waals surface area contributed by atoms with Crippen molar-refractivity contribution in [1.82, 2.24) is 4.90 Å². The van der Waals surface area contributed by atoms with E-state index in [1.54, 1.807) is 0 Å². The molecule has 1 heterocycles. The number of benzene rings is 1. The second kappa shape index (κ2) is 6.71. The lowest BCUT2D eigenvalue weighted by atomic mass is 9.86. The van der Waals surface area contributed by atoms with Crippen LogP contribution < -0.4 is 0 Å². The van der Waals surface area contributed by atoms with Crippen molar-refractivity contribution in [3.8, 4) is 0 Å². The number of piperidine rings is 1. The summed E-state index contributed by atoms with van der Waals surface area (Å²) in [6.07, 6.45) is 2.51. The molecular weight excluding hydrogens is 249 g/mol. The van der Waals surface area contributed by atoms with E-state index in [1.807, 2.05) is 18.2 Å². The van der Waals surface area contributed by atoms with Crippen LogP contribution in [0.15, 0.2) is 18.2 Å². The van der Waals surface area contributed by atoms with Gasteiger partial charge in [-0.1, -0.05) is 45.9 Å². The zero-order valence-electron chi connectivity index (χ0n) is 13.3. The quantitative estimate of drug-likeness (QED) is 0.763. The van der Waals surface area contributed by atoms with Crippen LogP contribution in [0.3, 0.4) is 0 Å². The van der Waals surface area contributed by atoms with Crippen molar-refractivity contribution < 1.29 is 4.39 Å². The van der Waals surface area contributed by atoms with Crippen molar-refractivity contribution >= 4 is 0 Å². The van der Waals surface area contributed by atoms with E-state index >= 15 is 0 Å². The molecule has 1 aromatic rings. The normalized spacial score (nSPS) is 18.1. The highest BCUT2D eigenvalue weighted by Crippen LogP contribution is 2.27. The van der Waals surface area contributed by atoms with Crippen molar-refractivity contribution in [3.05, 3.63) is 35.1 Å². The Labute approximate surface area is 123 Å². The molecule has 0 unspecified atom stereocenters. The first-order valence-corrected chi connectivity index (χ1v) is 7.98. The maximum Gasteiger partial charge on any atom is 0.131 e. The van der Waals surface area contributed by atoms with Gasteiger partial charge in [-0.05, 0) is 49.2 Å². The molecule has 1 fully saturated rings. The molecule has 0 radical (unpaired) electrons. The van der Waals surface area contributed by atoms with Crippen molar-refractivity contribution in [2.45, 2.75) is 53.0 Å². The second-order valence-electron chi connectivity index (χ2n) is 6.83. The largest absolute Gasteiger partial charge is 0.299 e. The van der Waals surface area contributed by atoms with Crippen LogP contribution in [0.25, 0.3) is 0 Å². The van der Waals surface area contributed by atoms with Gasteiger partial charge in [-0.15, -0.1) is 0 Å². The van der Waals surface area contributed by atoms with Crippen molar-refractivity contribution in [2.75, 3.05) is 13.1 Å². The third kappa shape index (κ3) is 3.60. The summed E-state index contributed by atoms with van der Waals surface area (Å²) in [6, 6.07) is 5.85. The number of hydrogen-bond donors (Lipinski definition) is 0. The molecule has 112 valence electrons. The highest BCUT2D eigenvalue weighted by Gasteiger charge is 2.22. The van der Waals surface area contributed by atoms with E-state index in [-0.39, 0.29) is 11.7 Å². The monoisotopic (exact) mass is 277 g/mol. The lowest BCUT2D eigenvalue weighted by molar-refractivity contribution is 0.150. The molecule has 0 bridgehead atoms. The van der Waals surface area contributed by atoms with Crippen LogP contribution in [-0.4, -0.2) is 18.0 Å². The van der Waals surface area contributed by atoms with E-state index in [0.29, 0.717) is 0 Å². The van der Waals surface area contributed by atoms with Crippen LogP contribution >= 0.6 is 0 Å². The molecule has 0 atom stereocenters. The van der Waals surface area contributed by atoms with Crippen LogP contribution in [0.2, 0.25) is 0 Å². The Hall–Kier alpha value is -0.890. The highest BCUT2D eigenvalue weighted by molar-refractivity contribution is 5.28. The molecule has 0 aromatic heterocycles. The Kier molecular flexibility index (Phi) is 5.20. The Morgan fingerprint density at radius 2 is 1.80 bits per heavy atom. The van der Waals surface area contributed by atoms with Gasteiger partial charge in [0.15, 0.2) is 0 Å². The average molecular weight is 277 g/mol. The van der Waals surface area contributed by atoms with E-state index < -0.39 is 0 Å². The summed E-state index contributed by atoms with van der Waals surface area (Å²) in [5, 5.41) is 0. The number of halogens is 1. The van der Waals surface area contributed by atoms with Crippen LogP contribution in [0.1, 0.15) is 57.6 Å². The van der Waals surface area contributed by atoms with Gasteiger partial charge in [0.1, 0.15) is 5.82 Å². The molecule has 0 aliphatic carbocycles. The summed E-state index contributed by atoms with van der Waals surface area (Å²) >= 11 is 0. The van der Waals surface area contributed by atoms with E-state index in [4.69, 9.17) is 0 Å². The zero-order valence-corrected chi connectivity index (χ0v) is 13.3. The summed E-state index contributed by atoms with van der Waals surface area (Å²) in [7, 11) is 0. The molecule has 0 spiro atoms. The van der Waals surface area contributed by atoms with Crippen molar-refractivity contribution in [2.24, 2.45) is 11.8 Å². The first-order chi connectivity index (χ1) is 9.49. The smallest absolute Gasteiger partial charge is 0.131 e. The van der Waals surface area contributed by atoms with Crippen LogP contribution in [-0.2, 0) is 6.54 Å². The van der Waals surface area contributed by atoms with E-state index in [2.05, 4.69) is 32.6 Å². The summed E-state index contributed by atoms with van der Waals surface area (Å²) in [4.78, 5) is 2.40.